The first kappa shape index (κ1) is 24.5. The molecule has 2 aliphatic rings. The van der Waals surface area contributed by atoms with E-state index < -0.39 is 16.1 Å². The summed E-state index contributed by atoms with van der Waals surface area (Å²) in [6, 6.07) is 41.8. The Balaban J connectivity index is 0.000000148. The van der Waals surface area contributed by atoms with Gasteiger partial charge >= 0.3 is 0 Å². The van der Waals surface area contributed by atoms with Gasteiger partial charge in [-0.05, 0) is 56.6 Å². The minimum atomic E-state index is -1.25. The summed E-state index contributed by atoms with van der Waals surface area (Å²) in [5.74, 6) is 0. The van der Waals surface area contributed by atoms with E-state index in [2.05, 4.69) is 147 Å². The first-order valence-electron chi connectivity index (χ1n) is 13.0. The lowest BCUT2D eigenvalue weighted by Gasteiger charge is -2.28. The smallest absolute Gasteiger partial charge is 0.0768 e. The molecule has 0 spiro atoms. The average Bonchev–Trinajstić information content (AvgIpc) is 2.88. The van der Waals surface area contributed by atoms with Gasteiger partial charge in [0, 0.05) is 0 Å². The van der Waals surface area contributed by atoms with Gasteiger partial charge in [-0.2, -0.15) is 0 Å². The summed E-state index contributed by atoms with van der Waals surface area (Å²) in [5.41, 5.74) is 16.6. The molecule has 0 N–H and O–H groups in total. The SMILES string of the molecule is C[Si]1(C)C=C(c2ccccc2)c2ccccc2C1.C[Si]1(C)C=C(c2ccccc2)c2ccccc2C1. The fraction of sp³-hybridized carbons (Fsp3) is 0.176. The maximum atomic E-state index is 2.56. The van der Waals surface area contributed by atoms with E-state index in [1.807, 2.05) is 0 Å². The molecule has 0 saturated carbocycles. The third kappa shape index (κ3) is 5.45. The van der Waals surface area contributed by atoms with Crippen LogP contribution in [0.5, 0.6) is 0 Å². The Hall–Kier alpha value is -3.21. The van der Waals surface area contributed by atoms with Gasteiger partial charge in [-0.25, -0.2) is 0 Å². The second-order valence-corrected chi connectivity index (χ2v) is 20.7. The molecule has 0 bridgehead atoms. The van der Waals surface area contributed by atoms with Crippen LogP contribution in [0.15, 0.2) is 121 Å². The fourth-order valence-corrected chi connectivity index (χ4v) is 10.6. The maximum absolute atomic E-state index is 2.56. The lowest BCUT2D eigenvalue weighted by atomic mass is 9.95. The van der Waals surface area contributed by atoms with Gasteiger partial charge in [0.25, 0.3) is 0 Å². The molecule has 0 fully saturated rings. The minimum Gasteiger partial charge on any atom is -0.0861 e. The molecule has 2 heterocycles. The van der Waals surface area contributed by atoms with Crippen molar-refractivity contribution < 1.29 is 0 Å². The van der Waals surface area contributed by atoms with E-state index in [4.69, 9.17) is 0 Å². The van der Waals surface area contributed by atoms with Crippen molar-refractivity contribution in [2.45, 2.75) is 38.3 Å². The highest BCUT2D eigenvalue weighted by Gasteiger charge is 2.28. The van der Waals surface area contributed by atoms with Crippen LogP contribution in [0.1, 0.15) is 33.4 Å². The molecular formula is C34H36Si2. The molecule has 0 radical (unpaired) electrons. The predicted octanol–water partition coefficient (Wildman–Crippen LogP) is 8.92. The van der Waals surface area contributed by atoms with Gasteiger partial charge in [0.05, 0.1) is 16.1 Å². The first-order chi connectivity index (χ1) is 17.3. The van der Waals surface area contributed by atoms with Crippen LogP contribution in [0, 0.1) is 0 Å². The number of fused-ring (bicyclic) bond motifs is 2. The van der Waals surface area contributed by atoms with E-state index in [9.17, 15) is 0 Å². The lowest BCUT2D eigenvalue weighted by molar-refractivity contribution is 1.27. The Morgan fingerprint density at radius 2 is 0.750 bits per heavy atom. The van der Waals surface area contributed by atoms with Crippen molar-refractivity contribution in [2.75, 3.05) is 0 Å². The molecule has 0 atom stereocenters. The second kappa shape index (κ2) is 10.0. The van der Waals surface area contributed by atoms with E-state index in [0.29, 0.717) is 0 Å². The highest BCUT2D eigenvalue weighted by atomic mass is 28.3. The Morgan fingerprint density at radius 1 is 0.417 bits per heavy atom. The summed E-state index contributed by atoms with van der Waals surface area (Å²) in [7, 11) is -2.50. The number of hydrogen-bond acceptors (Lipinski definition) is 0. The monoisotopic (exact) mass is 500 g/mol. The zero-order chi connectivity index (χ0) is 25.2. The van der Waals surface area contributed by atoms with E-state index in [0.717, 1.165) is 0 Å². The van der Waals surface area contributed by atoms with Crippen LogP contribution in [-0.4, -0.2) is 16.1 Å². The Morgan fingerprint density at radius 3 is 1.14 bits per heavy atom. The molecule has 0 unspecified atom stereocenters. The van der Waals surface area contributed by atoms with Crippen molar-refractivity contribution in [1.29, 1.82) is 0 Å². The number of rotatable bonds is 2. The van der Waals surface area contributed by atoms with Crippen molar-refractivity contribution in [2.24, 2.45) is 0 Å². The Bertz CT molecular complexity index is 1300. The second-order valence-electron chi connectivity index (χ2n) is 11.5. The van der Waals surface area contributed by atoms with E-state index in [1.165, 1.54) is 56.6 Å². The Kier molecular flexibility index (Phi) is 6.83. The van der Waals surface area contributed by atoms with Crippen molar-refractivity contribution in [3.63, 3.8) is 0 Å². The fourth-order valence-electron chi connectivity index (χ4n) is 5.61. The summed E-state index contributed by atoms with van der Waals surface area (Å²) in [6.45, 7) is 9.80. The summed E-state index contributed by atoms with van der Waals surface area (Å²) >= 11 is 0. The molecule has 180 valence electrons. The van der Waals surface area contributed by atoms with Crippen LogP contribution < -0.4 is 0 Å². The zero-order valence-electron chi connectivity index (χ0n) is 22.0. The highest BCUT2D eigenvalue weighted by molar-refractivity contribution is 6.83. The largest absolute Gasteiger partial charge is 0.0861 e. The molecule has 4 aromatic carbocycles. The molecular weight excluding hydrogens is 465 g/mol. The average molecular weight is 501 g/mol. The van der Waals surface area contributed by atoms with Crippen molar-refractivity contribution in [3.8, 4) is 0 Å². The van der Waals surface area contributed by atoms with Gasteiger partial charge in [0.15, 0.2) is 0 Å². The lowest BCUT2D eigenvalue weighted by Crippen LogP contribution is -2.31. The standard InChI is InChI=1S/2C17H18Si/c2*1-18(2)12-15-10-6-7-11-16(15)17(13-18)14-8-4-3-5-9-14/h2*3-11,13H,12H2,1-2H3. The van der Waals surface area contributed by atoms with Crippen molar-refractivity contribution in [1.82, 2.24) is 0 Å². The molecule has 6 rings (SSSR count). The van der Waals surface area contributed by atoms with Crippen LogP contribution >= 0.6 is 0 Å². The highest BCUT2D eigenvalue weighted by Crippen LogP contribution is 2.35. The van der Waals surface area contributed by atoms with Crippen LogP contribution in [0.2, 0.25) is 26.2 Å². The van der Waals surface area contributed by atoms with Gasteiger partial charge in [0.1, 0.15) is 0 Å². The zero-order valence-corrected chi connectivity index (χ0v) is 24.0. The van der Waals surface area contributed by atoms with Gasteiger partial charge in [-0.1, -0.05) is 147 Å². The first-order valence-corrected chi connectivity index (χ1v) is 19.6. The van der Waals surface area contributed by atoms with E-state index >= 15 is 0 Å². The molecule has 0 nitrogen and oxygen atoms in total. The van der Waals surface area contributed by atoms with Gasteiger partial charge in [-0.15, -0.1) is 0 Å². The summed E-state index contributed by atoms with van der Waals surface area (Å²) in [5, 5.41) is 0. The molecule has 4 aromatic rings. The molecule has 36 heavy (non-hydrogen) atoms. The summed E-state index contributed by atoms with van der Waals surface area (Å²) < 4.78 is 0. The summed E-state index contributed by atoms with van der Waals surface area (Å²) in [4.78, 5) is 0. The van der Waals surface area contributed by atoms with Gasteiger partial charge < -0.3 is 0 Å². The van der Waals surface area contributed by atoms with Crippen LogP contribution in [0.25, 0.3) is 11.1 Å². The van der Waals surface area contributed by atoms with Crippen LogP contribution in [0.3, 0.4) is 0 Å². The van der Waals surface area contributed by atoms with Gasteiger partial charge in [-0.3, -0.25) is 0 Å². The molecule has 2 aliphatic heterocycles. The van der Waals surface area contributed by atoms with E-state index in [-0.39, 0.29) is 0 Å². The molecule has 0 amide bonds. The molecule has 0 aromatic heterocycles. The number of benzene rings is 4. The minimum absolute atomic E-state index is 1.25. The summed E-state index contributed by atoms with van der Waals surface area (Å²) in [6.07, 6.45) is 0. The third-order valence-corrected chi connectivity index (χ3v) is 11.9. The molecule has 2 heteroatoms. The normalized spacial score (nSPS) is 16.9. The Labute approximate surface area is 219 Å². The predicted molar refractivity (Wildman–Crippen MR) is 162 cm³/mol. The molecule has 0 aliphatic carbocycles. The quantitative estimate of drug-likeness (QED) is 0.241. The topological polar surface area (TPSA) is 0 Å². The third-order valence-electron chi connectivity index (χ3n) is 7.15. The van der Waals surface area contributed by atoms with Crippen molar-refractivity contribution >= 4 is 27.3 Å². The maximum Gasteiger partial charge on any atom is 0.0768 e. The van der Waals surface area contributed by atoms with Gasteiger partial charge in [0.2, 0.25) is 0 Å². The molecule has 0 saturated heterocycles. The van der Waals surface area contributed by atoms with E-state index in [1.54, 1.807) is 0 Å². The van der Waals surface area contributed by atoms with Crippen LogP contribution in [0.4, 0.5) is 0 Å². The number of hydrogen-bond donors (Lipinski definition) is 0. The van der Waals surface area contributed by atoms with Crippen LogP contribution in [-0.2, 0) is 12.1 Å². The van der Waals surface area contributed by atoms with Crippen molar-refractivity contribution in [3.05, 3.63) is 154 Å².